The first-order valence-electron chi connectivity index (χ1n) is 29.0. The van der Waals surface area contributed by atoms with Gasteiger partial charge in [0.15, 0.2) is 11.5 Å². The third-order valence-electron chi connectivity index (χ3n) is 26.9. The number of fused-ring (bicyclic) bond motifs is 14. The van der Waals surface area contributed by atoms with Gasteiger partial charge in [-0.1, -0.05) is 109 Å². The van der Waals surface area contributed by atoms with Gasteiger partial charge in [0.1, 0.15) is 11.6 Å². The van der Waals surface area contributed by atoms with Gasteiger partial charge in [-0.25, -0.2) is 9.69 Å². The normalized spacial score (nSPS) is 49.9. The molecule has 0 amide bonds. The van der Waals surface area contributed by atoms with Crippen LogP contribution in [0, 0.1) is 125 Å². The first-order valence-corrected chi connectivity index (χ1v) is 30.1. The molecule has 0 heterocycles. The van der Waals surface area contributed by atoms with Crippen LogP contribution in [0.3, 0.4) is 0 Å². The average molecular weight is 1060 g/mol. The summed E-state index contributed by atoms with van der Waals surface area (Å²) in [5.74, 6) is 1.84. The van der Waals surface area contributed by atoms with Gasteiger partial charge >= 0.3 is 0 Å². The maximum absolute atomic E-state index is 14.5. The predicted molar refractivity (Wildman–Crippen MR) is 294 cm³/mol. The van der Waals surface area contributed by atoms with Gasteiger partial charge in [-0.2, -0.15) is 0 Å². The van der Waals surface area contributed by atoms with Gasteiger partial charge in [-0.15, -0.1) is 23.2 Å². The van der Waals surface area contributed by atoms with E-state index in [2.05, 4.69) is 98.9 Å². The molecule has 10 aliphatic carbocycles. The maximum atomic E-state index is 14.5. The lowest BCUT2D eigenvalue weighted by Gasteiger charge is -2.72. The molecule has 8 fully saturated rings. The average Bonchev–Trinajstić information content (AvgIpc) is 3.32. The van der Waals surface area contributed by atoms with Crippen molar-refractivity contribution in [1.29, 1.82) is 0 Å². The fraction of sp³-hybridized carbons (Fsp3) is 0.859. The number of nitrogens with zero attached hydrogens (tertiary/aromatic N) is 2. The number of hydrogen-bond donors (Lipinski definition) is 3. The molecule has 10 aliphatic rings. The van der Waals surface area contributed by atoms with Crippen molar-refractivity contribution in [3.8, 4) is 0 Å². The Hall–Kier alpha value is -2.07. The number of alkyl halides is 2. The molecule has 0 aromatic heterocycles. The van der Waals surface area contributed by atoms with Crippen LogP contribution in [0.2, 0.25) is 0 Å². The summed E-state index contributed by atoms with van der Waals surface area (Å²) in [6.07, 6.45) is 16.8. The van der Waals surface area contributed by atoms with Crippen molar-refractivity contribution in [2.24, 2.45) is 112 Å². The van der Waals surface area contributed by atoms with E-state index in [1.54, 1.807) is 0 Å². The zero-order valence-electron chi connectivity index (χ0n) is 48.0. The van der Waals surface area contributed by atoms with Crippen LogP contribution in [0.25, 0.3) is 9.69 Å². The van der Waals surface area contributed by atoms with Crippen LogP contribution in [-0.2, 0) is 14.4 Å². The monoisotopic (exact) mass is 1060 g/mol. The van der Waals surface area contributed by atoms with E-state index in [1.807, 2.05) is 19.9 Å². The van der Waals surface area contributed by atoms with Crippen molar-refractivity contribution < 1.29 is 29.7 Å². The standard InChI is InChI=1S/C32H48ClNO3.C32H46ClNO3/c2*1-27(2)11-13-32(24(36)18-33)14-12-31(7)25(19(32)16-27)21(35)15-23-29(5)17-20(34-8)26(37)28(3,4)22(29)9-10-30(23,31)6/h17,19,22-26,36-37H,9-16,18H2,1-7H3;17,19,22-25,36H,9-16,18H2,1-7H3/t19-,22-,23+,24?,25-,26?,29-,30+,31+,32-;19-,22-,23+,24?,25-,29-,30+,31+,32-/m00/s1. The van der Waals surface area contributed by atoms with E-state index in [4.69, 9.17) is 36.3 Å². The number of carbonyl (C=O) groups excluding carboxylic acids is 3. The number of Topliss-reactive ketones (excluding diaryl/α,β-unsaturated/α-hetero) is 3. The summed E-state index contributed by atoms with van der Waals surface area (Å²) in [5, 5.41) is 33.7. The molecule has 0 bridgehead atoms. The van der Waals surface area contributed by atoms with Crippen LogP contribution >= 0.6 is 23.2 Å². The Balaban J connectivity index is 0.000000182. The fourth-order valence-electron chi connectivity index (χ4n) is 22.3. The number of allylic oxidation sites excluding steroid dienone is 3. The molecule has 0 aromatic carbocycles. The van der Waals surface area contributed by atoms with Crippen molar-refractivity contribution in [3.05, 3.63) is 46.4 Å². The summed E-state index contributed by atoms with van der Waals surface area (Å²) in [5.41, 5.74) is -1.74. The lowest BCUT2D eigenvalue weighted by atomic mass is 9.31. The number of rotatable bonds is 4. The third-order valence-corrected chi connectivity index (χ3v) is 27.4. The Bertz CT molecular complexity index is 2500. The molecule has 74 heavy (non-hydrogen) atoms. The quantitative estimate of drug-likeness (QED) is 0.191. The Labute approximate surface area is 456 Å². The molecule has 3 N–H and O–H groups in total. The van der Waals surface area contributed by atoms with Crippen LogP contribution in [0.5, 0.6) is 0 Å². The lowest BCUT2D eigenvalue weighted by Crippen LogP contribution is -2.69. The number of aliphatic hydroxyl groups is 3. The van der Waals surface area contributed by atoms with Crippen molar-refractivity contribution in [2.75, 3.05) is 11.8 Å². The minimum atomic E-state index is -0.758. The van der Waals surface area contributed by atoms with Crippen LogP contribution < -0.4 is 0 Å². The van der Waals surface area contributed by atoms with Crippen molar-refractivity contribution >= 4 is 40.6 Å². The van der Waals surface area contributed by atoms with Crippen molar-refractivity contribution in [3.63, 3.8) is 0 Å². The second-order valence-corrected chi connectivity index (χ2v) is 32.0. The van der Waals surface area contributed by atoms with Gasteiger partial charge in [-0.05, 0) is 174 Å². The number of halogens is 2. The highest BCUT2D eigenvalue weighted by molar-refractivity contribution is 6.18. The summed E-state index contributed by atoms with van der Waals surface area (Å²) in [6.45, 7) is 47.3. The van der Waals surface area contributed by atoms with Gasteiger partial charge in [0.05, 0.1) is 31.5 Å². The van der Waals surface area contributed by atoms with E-state index < -0.39 is 29.1 Å². The van der Waals surface area contributed by atoms with E-state index in [-0.39, 0.29) is 125 Å². The zero-order valence-corrected chi connectivity index (χ0v) is 49.5. The molecule has 0 spiro atoms. The fourth-order valence-corrected chi connectivity index (χ4v) is 22.9. The molecule has 3 unspecified atom stereocenters. The van der Waals surface area contributed by atoms with Crippen LogP contribution in [0.15, 0.2) is 23.5 Å². The second-order valence-electron chi connectivity index (χ2n) is 31.3. The van der Waals surface area contributed by atoms with Gasteiger partial charge in [0.2, 0.25) is 5.70 Å². The highest BCUT2D eigenvalue weighted by atomic mass is 35.5. The first-order chi connectivity index (χ1) is 34.1. The van der Waals surface area contributed by atoms with Crippen LogP contribution in [-0.4, -0.2) is 62.7 Å². The minimum Gasteiger partial charge on any atom is -0.399 e. The highest BCUT2D eigenvalue weighted by Gasteiger charge is 2.75. The molecule has 10 heteroatoms. The maximum Gasteiger partial charge on any atom is 0.226 e. The van der Waals surface area contributed by atoms with E-state index in [1.165, 1.54) is 0 Å². The molecule has 0 saturated heterocycles. The molecule has 0 aromatic rings. The molecular weight excluding hydrogens is 964 g/mol. The van der Waals surface area contributed by atoms with Crippen molar-refractivity contribution in [1.82, 2.24) is 0 Å². The van der Waals surface area contributed by atoms with Gasteiger partial charge < -0.3 is 20.1 Å². The molecule has 19 atom stereocenters. The third kappa shape index (κ3) is 7.40. The predicted octanol–water partition coefficient (Wildman–Crippen LogP) is 14.3. The summed E-state index contributed by atoms with van der Waals surface area (Å²) in [7, 11) is 0. The highest BCUT2D eigenvalue weighted by Crippen LogP contribution is 2.78. The zero-order chi connectivity index (χ0) is 54.8. The van der Waals surface area contributed by atoms with Gasteiger partial charge in [-0.3, -0.25) is 9.59 Å². The van der Waals surface area contributed by atoms with Gasteiger partial charge in [0, 0.05) is 52.7 Å². The summed E-state index contributed by atoms with van der Waals surface area (Å²) in [4.78, 5) is 49.7. The van der Waals surface area contributed by atoms with Crippen LogP contribution in [0.1, 0.15) is 200 Å². The Morgan fingerprint density at radius 2 is 0.959 bits per heavy atom. The number of hydrogen-bond acceptors (Lipinski definition) is 6. The molecule has 0 aliphatic heterocycles. The van der Waals surface area contributed by atoms with Crippen molar-refractivity contribution in [2.45, 2.75) is 218 Å². The van der Waals surface area contributed by atoms with E-state index >= 15 is 0 Å². The summed E-state index contributed by atoms with van der Waals surface area (Å²) < 4.78 is 0. The molecule has 10 rings (SSSR count). The molecule has 410 valence electrons. The lowest BCUT2D eigenvalue weighted by molar-refractivity contribution is -0.236. The van der Waals surface area contributed by atoms with Crippen LogP contribution in [0.4, 0.5) is 0 Å². The van der Waals surface area contributed by atoms with E-state index in [0.717, 1.165) is 89.9 Å². The van der Waals surface area contributed by atoms with E-state index in [0.29, 0.717) is 30.1 Å². The minimum absolute atomic E-state index is 0.0400. The number of carbonyl (C=O) groups is 3. The SMILES string of the molecule is [C-]#[N+]C1=C[C@]2(C)[C@H]3CC(=O)[C@@H]4[C@@H]5CC(C)(C)CC[C@]5(C(O)CCl)CC[C@@]4(C)[C@]3(C)CC[C@H]2C(C)(C)C1=O.[C-]#[N+]C1=C[C@]2(C)[C@H]3CC(=O)[C@@H]4[C@@H]5CC(C)(C)CC[C@]5(C(O)CCl)CC[C@@]4(C)[C@]3(C)CC[C@H]2C(C)(C)C1O. The number of aliphatic hydroxyl groups excluding tert-OH is 3. The Kier molecular flexibility index (Phi) is 13.6. The molecule has 0 radical (unpaired) electrons. The molecular formula is C64H94Cl2N2O6. The van der Waals surface area contributed by atoms with E-state index in [9.17, 15) is 29.7 Å². The Morgan fingerprint density at radius 1 is 0.554 bits per heavy atom. The summed E-state index contributed by atoms with van der Waals surface area (Å²) in [6, 6.07) is 0. The molecule has 8 nitrogen and oxygen atoms in total. The smallest absolute Gasteiger partial charge is 0.226 e. The number of ketones is 3. The largest absolute Gasteiger partial charge is 0.399 e. The molecule has 8 saturated carbocycles. The topological polar surface area (TPSA) is 121 Å². The first kappa shape index (κ1) is 56.6. The van der Waals surface area contributed by atoms with Gasteiger partial charge in [0.25, 0.3) is 0 Å². The summed E-state index contributed by atoms with van der Waals surface area (Å²) >= 11 is 12.7. The second kappa shape index (κ2) is 17.7. The Morgan fingerprint density at radius 3 is 1.36 bits per heavy atom.